The molecule has 0 aliphatic carbocycles. The third-order valence-corrected chi connectivity index (χ3v) is 4.79. The van der Waals surface area contributed by atoms with Crippen molar-refractivity contribution in [2.24, 2.45) is 0 Å². The average Bonchev–Trinajstić information content (AvgIpc) is 3.08. The van der Waals surface area contributed by atoms with Crippen LogP contribution in [0.15, 0.2) is 47.8 Å². The summed E-state index contributed by atoms with van der Waals surface area (Å²) < 4.78 is 45.2. The predicted octanol–water partition coefficient (Wildman–Crippen LogP) is 4.56. The number of carbonyl (C=O) groups is 1. The summed E-state index contributed by atoms with van der Waals surface area (Å²) in [5.74, 6) is -1.53. The van der Waals surface area contributed by atoms with Gasteiger partial charge >= 0.3 is 0 Å². The number of benzene rings is 2. The quantitative estimate of drug-likeness (QED) is 0.626. The summed E-state index contributed by atoms with van der Waals surface area (Å²) in [7, 11) is 0. The Kier molecular flexibility index (Phi) is 6.30. The second kappa shape index (κ2) is 8.88. The second-order valence-electron chi connectivity index (χ2n) is 6.11. The van der Waals surface area contributed by atoms with Crippen LogP contribution in [0.5, 0.6) is 5.75 Å². The van der Waals surface area contributed by atoms with Crippen LogP contribution < -0.4 is 10.1 Å². The molecule has 1 aromatic heterocycles. The zero-order valence-electron chi connectivity index (χ0n) is 14.9. The van der Waals surface area contributed by atoms with Gasteiger partial charge in [0.25, 0.3) is 0 Å². The number of hydrogen-bond acceptors (Lipinski definition) is 4. The standard InChI is InChI=1S/C20H17F3N2O2S/c1-12(17-7-4-14(22)8-18(17)23)24-19(26)9-15-11-28-20(25-15)10-27-16-5-2-13(21)3-6-16/h2-8,11-12H,9-10H2,1H3,(H,24,26). The lowest BCUT2D eigenvalue weighted by Crippen LogP contribution is -2.28. The average molecular weight is 406 g/mol. The van der Waals surface area contributed by atoms with Crippen LogP contribution in [0.1, 0.15) is 29.2 Å². The number of hydrogen-bond donors (Lipinski definition) is 1. The minimum absolute atomic E-state index is 0.0280. The van der Waals surface area contributed by atoms with Crippen LogP contribution in [0, 0.1) is 17.5 Å². The van der Waals surface area contributed by atoms with Crippen molar-refractivity contribution in [3.8, 4) is 5.75 Å². The molecule has 3 rings (SSSR count). The number of aromatic nitrogens is 1. The third kappa shape index (κ3) is 5.32. The molecule has 146 valence electrons. The van der Waals surface area contributed by atoms with Crippen molar-refractivity contribution in [2.45, 2.75) is 26.0 Å². The first kappa shape index (κ1) is 19.9. The van der Waals surface area contributed by atoms with Gasteiger partial charge < -0.3 is 10.1 Å². The van der Waals surface area contributed by atoms with Gasteiger partial charge in [-0.2, -0.15) is 0 Å². The molecular weight excluding hydrogens is 389 g/mol. The van der Waals surface area contributed by atoms with Crippen LogP contribution in [0.4, 0.5) is 13.2 Å². The number of ether oxygens (including phenoxy) is 1. The van der Waals surface area contributed by atoms with Crippen molar-refractivity contribution in [2.75, 3.05) is 0 Å². The van der Waals surface area contributed by atoms with E-state index >= 15 is 0 Å². The summed E-state index contributed by atoms with van der Waals surface area (Å²) in [5, 5.41) is 5.09. The zero-order valence-corrected chi connectivity index (χ0v) is 15.7. The van der Waals surface area contributed by atoms with Crippen molar-refractivity contribution in [1.82, 2.24) is 10.3 Å². The number of rotatable bonds is 7. The van der Waals surface area contributed by atoms with Gasteiger partial charge in [-0.15, -0.1) is 11.3 Å². The molecule has 0 aliphatic rings. The fourth-order valence-electron chi connectivity index (χ4n) is 2.56. The van der Waals surface area contributed by atoms with Crippen LogP contribution in [-0.2, 0) is 17.8 Å². The molecular formula is C20H17F3N2O2S. The highest BCUT2D eigenvalue weighted by Crippen LogP contribution is 2.19. The largest absolute Gasteiger partial charge is 0.486 e. The van der Waals surface area contributed by atoms with Crippen LogP contribution in [0.3, 0.4) is 0 Å². The van der Waals surface area contributed by atoms with E-state index in [1.807, 2.05) is 0 Å². The molecule has 28 heavy (non-hydrogen) atoms. The fourth-order valence-corrected chi connectivity index (χ4v) is 3.26. The summed E-state index contributed by atoms with van der Waals surface area (Å²) in [6.45, 7) is 1.83. The SMILES string of the molecule is CC(NC(=O)Cc1csc(COc2ccc(F)cc2)n1)c1ccc(F)cc1F. The Morgan fingerprint density at radius 3 is 2.57 bits per heavy atom. The molecule has 0 saturated heterocycles. The van der Waals surface area contributed by atoms with Crippen molar-refractivity contribution < 1.29 is 22.7 Å². The van der Waals surface area contributed by atoms with E-state index in [4.69, 9.17) is 4.74 Å². The monoisotopic (exact) mass is 406 g/mol. The molecule has 0 bridgehead atoms. The molecule has 0 radical (unpaired) electrons. The van der Waals surface area contributed by atoms with Gasteiger partial charge in [-0.25, -0.2) is 18.2 Å². The predicted molar refractivity (Wildman–Crippen MR) is 99.5 cm³/mol. The maximum atomic E-state index is 13.8. The van der Waals surface area contributed by atoms with Crippen LogP contribution in [-0.4, -0.2) is 10.9 Å². The number of amides is 1. The van der Waals surface area contributed by atoms with Crippen molar-refractivity contribution in [3.63, 3.8) is 0 Å². The highest BCUT2D eigenvalue weighted by molar-refractivity contribution is 7.09. The minimum Gasteiger partial charge on any atom is -0.486 e. The van der Waals surface area contributed by atoms with Crippen LogP contribution in [0.25, 0.3) is 0 Å². The summed E-state index contributed by atoms with van der Waals surface area (Å²) in [5.41, 5.74) is 0.772. The number of nitrogens with zero attached hydrogens (tertiary/aromatic N) is 1. The van der Waals surface area contributed by atoms with Gasteiger partial charge in [0.2, 0.25) is 5.91 Å². The molecule has 0 spiro atoms. The Balaban J connectivity index is 1.52. The Morgan fingerprint density at radius 2 is 1.86 bits per heavy atom. The van der Waals surface area contributed by atoms with Crippen molar-refractivity contribution >= 4 is 17.2 Å². The van der Waals surface area contributed by atoms with Gasteiger partial charge in [0, 0.05) is 17.0 Å². The fraction of sp³-hybridized carbons (Fsp3) is 0.200. The number of carbonyl (C=O) groups excluding carboxylic acids is 1. The molecule has 0 saturated carbocycles. The first-order valence-electron chi connectivity index (χ1n) is 8.46. The van der Waals surface area contributed by atoms with E-state index in [9.17, 15) is 18.0 Å². The van der Waals surface area contributed by atoms with E-state index in [0.29, 0.717) is 16.5 Å². The van der Waals surface area contributed by atoms with Gasteiger partial charge in [0.05, 0.1) is 18.2 Å². The molecule has 1 N–H and O–H groups in total. The van der Waals surface area contributed by atoms with E-state index in [2.05, 4.69) is 10.3 Å². The maximum absolute atomic E-state index is 13.8. The first-order chi connectivity index (χ1) is 13.4. The number of halogens is 3. The highest BCUT2D eigenvalue weighted by atomic mass is 32.1. The highest BCUT2D eigenvalue weighted by Gasteiger charge is 2.15. The minimum atomic E-state index is -0.707. The van der Waals surface area contributed by atoms with Gasteiger partial charge in [-0.05, 0) is 37.3 Å². The lowest BCUT2D eigenvalue weighted by Gasteiger charge is -2.14. The van der Waals surface area contributed by atoms with E-state index in [1.165, 1.54) is 41.7 Å². The lowest BCUT2D eigenvalue weighted by atomic mass is 10.1. The molecule has 2 aromatic carbocycles. The third-order valence-electron chi connectivity index (χ3n) is 3.92. The van der Waals surface area contributed by atoms with Crippen molar-refractivity contribution in [1.29, 1.82) is 0 Å². The molecule has 1 atom stereocenters. The van der Waals surface area contributed by atoms with E-state index in [1.54, 1.807) is 12.3 Å². The lowest BCUT2D eigenvalue weighted by molar-refractivity contribution is -0.121. The molecule has 0 fully saturated rings. The van der Waals surface area contributed by atoms with E-state index in [0.717, 1.165) is 12.1 Å². The summed E-state index contributed by atoms with van der Waals surface area (Å²) in [4.78, 5) is 16.5. The Labute approximate surface area is 164 Å². The van der Waals surface area contributed by atoms with E-state index < -0.39 is 17.7 Å². The first-order valence-corrected chi connectivity index (χ1v) is 9.34. The molecule has 3 aromatic rings. The van der Waals surface area contributed by atoms with Gasteiger partial charge in [-0.3, -0.25) is 4.79 Å². The second-order valence-corrected chi connectivity index (χ2v) is 7.05. The molecule has 8 heteroatoms. The summed E-state index contributed by atoms with van der Waals surface area (Å²) in [6.07, 6.45) is 0.0280. The summed E-state index contributed by atoms with van der Waals surface area (Å²) in [6, 6.07) is 8.29. The molecule has 4 nitrogen and oxygen atoms in total. The molecule has 0 aliphatic heterocycles. The topological polar surface area (TPSA) is 51.2 Å². The summed E-state index contributed by atoms with van der Waals surface area (Å²) >= 11 is 1.34. The Bertz CT molecular complexity index is 960. The van der Waals surface area contributed by atoms with Crippen molar-refractivity contribution in [3.05, 3.63) is 81.6 Å². The molecule has 1 heterocycles. The van der Waals surface area contributed by atoms with Crippen LogP contribution >= 0.6 is 11.3 Å². The number of nitrogens with one attached hydrogen (secondary N) is 1. The van der Waals surface area contributed by atoms with Gasteiger partial charge in [0.1, 0.15) is 34.8 Å². The Morgan fingerprint density at radius 1 is 1.14 bits per heavy atom. The van der Waals surface area contributed by atoms with E-state index in [-0.39, 0.29) is 30.3 Å². The smallest absolute Gasteiger partial charge is 0.226 e. The zero-order chi connectivity index (χ0) is 20.1. The van der Waals surface area contributed by atoms with Gasteiger partial charge in [0.15, 0.2) is 0 Å². The van der Waals surface area contributed by atoms with Crippen LogP contribution in [0.2, 0.25) is 0 Å². The molecule has 1 unspecified atom stereocenters. The Hall–Kier alpha value is -2.87. The normalized spacial score (nSPS) is 11.9. The maximum Gasteiger partial charge on any atom is 0.226 e. The molecule has 1 amide bonds. The number of thiazole rings is 1. The van der Waals surface area contributed by atoms with Gasteiger partial charge in [-0.1, -0.05) is 6.07 Å².